The first-order chi connectivity index (χ1) is 15.4. The Morgan fingerprint density at radius 2 is 1.81 bits per heavy atom. The SMILES string of the molecule is O=C(CCN1C(=O)S/C(=C/c2cccc([N+](=O)[O-])c2)C1=O)Nc1cccc2ccccc12. The quantitative estimate of drug-likeness (QED) is 0.330. The highest BCUT2D eigenvalue weighted by Crippen LogP contribution is 2.33. The van der Waals surface area contributed by atoms with Gasteiger partial charge >= 0.3 is 0 Å². The number of imide groups is 1. The highest BCUT2D eigenvalue weighted by Gasteiger charge is 2.35. The minimum Gasteiger partial charge on any atom is -0.325 e. The summed E-state index contributed by atoms with van der Waals surface area (Å²) in [6.45, 7) is -0.0620. The number of nitro benzene ring substituents is 1. The van der Waals surface area contributed by atoms with Crippen LogP contribution in [-0.4, -0.2) is 33.4 Å². The number of anilines is 1. The third-order valence-electron chi connectivity index (χ3n) is 4.88. The summed E-state index contributed by atoms with van der Waals surface area (Å²) in [5.41, 5.74) is 0.995. The van der Waals surface area contributed by atoms with Crippen molar-refractivity contribution in [3.63, 3.8) is 0 Å². The fourth-order valence-electron chi connectivity index (χ4n) is 3.33. The molecule has 1 aliphatic heterocycles. The number of nitrogens with zero attached hydrogens (tertiary/aromatic N) is 2. The molecule has 0 saturated carbocycles. The summed E-state index contributed by atoms with van der Waals surface area (Å²) in [6, 6.07) is 19.0. The molecule has 0 spiro atoms. The van der Waals surface area contributed by atoms with E-state index in [-0.39, 0.29) is 29.5 Å². The van der Waals surface area contributed by atoms with Crippen LogP contribution in [0.3, 0.4) is 0 Å². The molecule has 1 saturated heterocycles. The fourth-order valence-corrected chi connectivity index (χ4v) is 4.20. The first kappa shape index (κ1) is 21.3. The van der Waals surface area contributed by atoms with Crippen LogP contribution in [0, 0.1) is 10.1 Å². The molecule has 1 fully saturated rings. The molecule has 0 bridgehead atoms. The number of non-ortho nitro benzene ring substituents is 1. The zero-order valence-corrected chi connectivity index (χ0v) is 17.5. The minimum absolute atomic E-state index is 0.0502. The Bertz CT molecular complexity index is 1280. The second kappa shape index (κ2) is 9.03. The topological polar surface area (TPSA) is 110 Å². The maximum absolute atomic E-state index is 12.6. The summed E-state index contributed by atoms with van der Waals surface area (Å²) in [4.78, 5) is 48.9. The molecule has 0 aromatic heterocycles. The first-order valence-corrected chi connectivity index (χ1v) is 10.5. The van der Waals surface area contributed by atoms with Crippen molar-refractivity contribution in [3.8, 4) is 0 Å². The molecular weight excluding hydrogens is 430 g/mol. The van der Waals surface area contributed by atoms with Crippen LogP contribution in [0.5, 0.6) is 0 Å². The molecule has 3 aromatic carbocycles. The van der Waals surface area contributed by atoms with Crippen molar-refractivity contribution in [2.45, 2.75) is 6.42 Å². The molecule has 8 nitrogen and oxygen atoms in total. The van der Waals surface area contributed by atoms with Crippen LogP contribution in [0.4, 0.5) is 16.2 Å². The maximum atomic E-state index is 12.6. The Balaban J connectivity index is 1.42. The zero-order valence-electron chi connectivity index (χ0n) is 16.7. The highest BCUT2D eigenvalue weighted by atomic mass is 32.2. The van der Waals surface area contributed by atoms with Crippen LogP contribution in [0.2, 0.25) is 0 Å². The predicted octanol–water partition coefficient (Wildman–Crippen LogP) is 4.81. The van der Waals surface area contributed by atoms with Gasteiger partial charge in [-0.2, -0.15) is 0 Å². The molecule has 0 unspecified atom stereocenters. The van der Waals surface area contributed by atoms with E-state index in [1.54, 1.807) is 12.1 Å². The predicted molar refractivity (Wildman–Crippen MR) is 123 cm³/mol. The number of nitrogens with one attached hydrogen (secondary N) is 1. The third kappa shape index (κ3) is 4.52. The average Bonchev–Trinajstić information content (AvgIpc) is 3.05. The molecule has 3 amide bonds. The normalized spacial score (nSPS) is 14.9. The molecule has 0 atom stereocenters. The summed E-state index contributed by atoms with van der Waals surface area (Å²) in [6.07, 6.45) is 1.39. The molecule has 9 heteroatoms. The number of amides is 3. The monoisotopic (exact) mass is 447 g/mol. The minimum atomic E-state index is -0.530. The summed E-state index contributed by atoms with van der Waals surface area (Å²) in [7, 11) is 0. The van der Waals surface area contributed by atoms with Crippen molar-refractivity contribution in [2.75, 3.05) is 11.9 Å². The van der Waals surface area contributed by atoms with Gasteiger partial charge in [0.25, 0.3) is 16.8 Å². The number of rotatable bonds is 6. The summed E-state index contributed by atoms with van der Waals surface area (Å²) < 4.78 is 0. The molecule has 0 aliphatic carbocycles. The molecule has 3 aromatic rings. The van der Waals surface area contributed by atoms with Crippen molar-refractivity contribution in [3.05, 3.63) is 87.3 Å². The lowest BCUT2D eigenvalue weighted by Crippen LogP contribution is -2.31. The molecule has 1 heterocycles. The van der Waals surface area contributed by atoms with Crippen molar-refractivity contribution in [2.24, 2.45) is 0 Å². The van der Waals surface area contributed by atoms with E-state index in [1.807, 2.05) is 36.4 Å². The molecule has 1 aliphatic rings. The van der Waals surface area contributed by atoms with Crippen LogP contribution in [0.1, 0.15) is 12.0 Å². The summed E-state index contributed by atoms with van der Waals surface area (Å²) in [5, 5.41) is 15.2. The van der Waals surface area contributed by atoms with Crippen molar-refractivity contribution < 1.29 is 19.3 Å². The van der Waals surface area contributed by atoms with Gasteiger partial charge in [-0.05, 0) is 34.9 Å². The van der Waals surface area contributed by atoms with Gasteiger partial charge in [-0.15, -0.1) is 0 Å². The Morgan fingerprint density at radius 1 is 1.06 bits per heavy atom. The average molecular weight is 447 g/mol. The lowest BCUT2D eigenvalue weighted by Gasteiger charge is -2.13. The van der Waals surface area contributed by atoms with Gasteiger partial charge in [-0.25, -0.2) is 0 Å². The number of carbonyl (C=O) groups excluding carboxylic acids is 3. The lowest BCUT2D eigenvalue weighted by molar-refractivity contribution is -0.384. The van der Waals surface area contributed by atoms with Gasteiger partial charge in [0.1, 0.15) is 0 Å². The van der Waals surface area contributed by atoms with E-state index in [2.05, 4.69) is 5.32 Å². The van der Waals surface area contributed by atoms with E-state index in [0.717, 1.165) is 27.4 Å². The second-order valence-corrected chi connectivity index (χ2v) is 8.00. The standard InChI is InChI=1S/C23H17N3O5S/c27-21(24-19-10-4-7-16-6-1-2-9-18(16)19)11-12-25-22(28)20(32-23(25)29)14-15-5-3-8-17(13-15)26(30)31/h1-10,13-14H,11-12H2,(H,24,27)/b20-14+. The number of nitro groups is 1. The van der Waals surface area contributed by atoms with Gasteiger partial charge < -0.3 is 5.32 Å². The summed E-state index contributed by atoms with van der Waals surface area (Å²) >= 11 is 0.745. The number of carbonyl (C=O) groups is 3. The smallest absolute Gasteiger partial charge is 0.293 e. The number of fused-ring (bicyclic) bond motifs is 1. The van der Waals surface area contributed by atoms with Crippen LogP contribution >= 0.6 is 11.8 Å². The molecule has 160 valence electrons. The van der Waals surface area contributed by atoms with Crippen LogP contribution in [0.15, 0.2) is 71.6 Å². The van der Waals surface area contributed by atoms with E-state index < -0.39 is 16.1 Å². The highest BCUT2D eigenvalue weighted by molar-refractivity contribution is 8.18. The molecule has 0 radical (unpaired) electrons. The van der Waals surface area contributed by atoms with E-state index in [4.69, 9.17) is 0 Å². The van der Waals surface area contributed by atoms with Crippen LogP contribution < -0.4 is 5.32 Å². The van der Waals surface area contributed by atoms with Crippen LogP contribution in [-0.2, 0) is 9.59 Å². The lowest BCUT2D eigenvalue weighted by atomic mass is 10.1. The van der Waals surface area contributed by atoms with Gasteiger partial charge in [-0.3, -0.25) is 29.4 Å². The Kier molecular flexibility index (Phi) is 6.00. The van der Waals surface area contributed by atoms with Gasteiger partial charge in [0.2, 0.25) is 5.91 Å². The third-order valence-corrected chi connectivity index (χ3v) is 5.79. The fraction of sp³-hybridized carbons (Fsp3) is 0.0870. The van der Waals surface area contributed by atoms with E-state index in [0.29, 0.717) is 11.3 Å². The van der Waals surface area contributed by atoms with Crippen molar-refractivity contribution in [1.29, 1.82) is 0 Å². The molecule has 4 rings (SSSR count). The Labute approximate surface area is 187 Å². The van der Waals surface area contributed by atoms with Crippen molar-refractivity contribution in [1.82, 2.24) is 4.90 Å². The van der Waals surface area contributed by atoms with Crippen LogP contribution in [0.25, 0.3) is 16.8 Å². The van der Waals surface area contributed by atoms with E-state index in [9.17, 15) is 24.5 Å². The molecule has 32 heavy (non-hydrogen) atoms. The number of hydrogen-bond donors (Lipinski definition) is 1. The van der Waals surface area contributed by atoms with Gasteiger partial charge in [-0.1, -0.05) is 48.5 Å². The number of hydrogen-bond acceptors (Lipinski definition) is 6. The Hall–Kier alpha value is -3.98. The van der Waals surface area contributed by atoms with E-state index >= 15 is 0 Å². The molecule has 1 N–H and O–H groups in total. The molecular formula is C23H17N3O5S. The van der Waals surface area contributed by atoms with Gasteiger partial charge in [0.05, 0.1) is 9.83 Å². The van der Waals surface area contributed by atoms with Gasteiger partial charge in [0, 0.05) is 36.2 Å². The van der Waals surface area contributed by atoms with Gasteiger partial charge in [0.15, 0.2) is 0 Å². The largest absolute Gasteiger partial charge is 0.325 e. The second-order valence-electron chi connectivity index (χ2n) is 7.01. The number of thioether (sulfide) groups is 1. The summed E-state index contributed by atoms with van der Waals surface area (Å²) in [5.74, 6) is -0.840. The maximum Gasteiger partial charge on any atom is 0.293 e. The Morgan fingerprint density at radius 3 is 2.62 bits per heavy atom. The first-order valence-electron chi connectivity index (χ1n) is 9.70. The zero-order chi connectivity index (χ0) is 22.7. The number of benzene rings is 3. The van der Waals surface area contributed by atoms with E-state index in [1.165, 1.54) is 24.3 Å². The van der Waals surface area contributed by atoms with Crippen molar-refractivity contribution >= 4 is 57.0 Å².